The van der Waals surface area contributed by atoms with E-state index in [1.807, 2.05) is 4.90 Å². The summed E-state index contributed by atoms with van der Waals surface area (Å²) in [6.07, 6.45) is 3.13. The van der Waals surface area contributed by atoms with Crippen LogP contribution >= 0.6 is 0 Å². The Balaban J connectivity index is 2.00. The normalized spacial score (nSPS) is 24.7. The van der Waals surface area contributed by atoms with Crippen LogP contribution in [-0.2, 0) is 4.74 Å². The van der Waals surface area contributed by atoms with E-state index in [1.165, 1.54) is 6.07 Å². The first-order chi connectivity index (χ1) is 10.1. The molecular weight excluding hydrogens is 276 g/mol. The fraction of sp³-hybridized carbons (Fsp3) is 0.500. The molecule has 1 saturated heterocycles. The number of morpholine rings is 1. The van der Waals surface area contributed by atoms with Crippen molar-refractivity contribution >= 4 is 17.3 Å². The predicted octanol–water partition coefficient (Wildman–Crippen LogP) is 2.05. The molecule has 1 heterocycles. The van der Waals surface area contributed by atoms with Crippen LogP contribution < -0.4 is 4.90 Å². The first-order valence-corrected chi connectivity index (χ1v) is 6.98. The van der Waals surface area contributed by atoms with Gasteiger partial charge in [0, 0.05) is 18.7 Å². The van der Waals surface area contributed by atoms with E-state index in [2.05, 4.69) is 0 Å². The maximum Gasteiger partial charge on any atom is 0.338 e. The molecule has 1 aliphatic carbocycles. The lowest BCUT2D eigenvalue weighted by atomic mass is 10.1. The number of nitrogens with zero attached hydrogens (tertiary/aromatic N) is 2. The van der Waals surface area contributed by atoms with Crippen LogP contribution in [0, 0.1) is 10.1 Å². The minimum absolute atomic E-state index is 0.0169. The zero-order valence-corrected chi connectivity index (χ0v) is 11.4. The van der Waals surface area contributed by atoms with Crippen molar-refractivity contribution in [1.82, 2.24) is 0 Å². The number of hydrogen-bond donors (Lipinski definition) is 1. The molecule has 1 aromatic rings. The van der Waals surface area contributed by atoms with Crippen LogP contribution in [0.5, 0.6) is 0 Å². The molecule has 112 valence electrons. The number of nitro benzene ring substituents is 1. The van der Waals surface area contributed by atoms with E-state index in [9.17, 15) is 20.0 Å². The second kappa shape index (κ2) is 5.33. The third-order valence-corrected chi connectivity index (χ3v) is 4.21. The second-order valence-corrected chi connectivity index (χ2v) is 5.36. The molecule has 3 rings (SSSR count). The highest BCUT2D eigenvalue weighted by molar-refractivity contribution is 5.95. The molecular formula is C14H16N2O5. The van der Waals surface area contributed by atoms with Gasteiger partial charge in [0.15, 0.2) is 0 Å². The van der Waals surface area contributed by atoms with Crippen molar-refractivity contribution in [3.8, 4) is 0 Å². The van der Waals surface area contributed by atoms with Crippen molar-refractivity contribution < 1.29 is 19.6 Å². The number of hydrogen-bond acceptors (Lipinski definition) is 5. The molecule has 7 heteroatoms. The Kier molecular flexibility index (Phi) is 3.50. The molecule has 1 aliphatic heterocycles. The number of nitro groups is 1. The lowest BCUT2D eigenvalue weighted by Crippen LogP contribution is -2.49. The molecule has 0 aromatic heterocycles. The first kappa shape index (κ1) is 13.8. The third kappa shape index (κ3) is 2.44. The Morgan fingerprint density at radius 3 is 2.95 bits per heavy atom. The van der Waals surface area contributed by atoms with E-state index in [1.54, 1.807) is 6.07 Å². The number of benzene rings is 1. The average molecular weight is 292 g/mol. The summed E-state index contributed by atoms with van der Waals surface area (Å²) in [6.45, 7) is 1.16. The smallest absolute Gasteiger partial charge is 0.338 e. The van der Waals surface area contributed by atoms with Gasteiger partial charge in [0.1, 0.15) is 0 Å². The molecule has 1 aromatic carbocycles. The summed E-state index contributed by atoms with van der Waals surface area (Å²) in [5.74, 6) is -1.14. The van der Waals surface area contributed by atoms with E-state index in [4.69, 9.17) is 4.74 Å². The second-order valence-electron chi connectivity index (χ2n) is 5.36. The van der Waals surface area contributed by atoms with Gasteiger partial charge >= 0.3 is 5.97 Å². The minimum Gasteiger partial charge on any atom is -0.478 e. The van der Waals surface area contributed by atoms with Gasteiger partial charge in [0.05, 0.1) is 34.9 Å². The summed E-state index contributed by atoms with van der Waals surface area (Å²) in [6, 6.07) is 4.21. The van der Waals surface area contributed by atoms with Crippen molar-refractivity contribution in [2.45, 2.75) is 31.4 Å². The summed E-state index contributed by atoms with van der Waals surface area (Å²) in [5.41, 5.74) is 0.331. The molecule has 1 saturated carbocycles. The van der Waals surface area contributed by atoms with Gasteiger partial charge in [-0.2, -0.15) is 0 Å². The number of aromatic carboxylic acids is 1. The lowest BCUT2D eigenvalue weighted by molar-refractivity contribution is -0.384. The van der Waals surface area contributed by atoms with E-state index >= 15 is 0 Å². The maximum absolute atomic E-state index is 11.5. The highest BCUT2D eigenvalue weighted by Gasteiger charge is 2.37. The molecule has 0 bridgehead atoms. The van der Waals surface area contributed by atoms with E-state index in [-0.39, 0.29) is 23.4 Å². The maximum atomic E-state index is 11.5. The van der Waals surface area contributed by atoms with E-state index < -0.39 is 10.9 Å². The van der Waals surface area contributed by atoms with Gasteiger partial charge in [-0.15, -0.1) is 0 Å². The largest absolute Gasteiger partial charge is 0.478 e. The SMILES string of the molecule is O=C(O)c1cc([N+](=O)[O-])ccc1N1CCOC2CCCC21. The molecule has 2 unspecified atom stereocenters. The van der Waals surface area contributed by atoms with Crippen LogP contribution in [0.2, 0.25) is 0 Å². The highest BCUT2D eigenvalue weighted by atomic mass is 16.6. The zero-order valence-electron chi connectivity index (χ0n) is 11.4. The summed E-state index contributed by atoms with van der Waals surface area (Å²) in [7, 11) is 0. The Morgan fingerprint density at radius 2 is 2.24 bits per heavy atom. The van der Waals surface area contributed by atoms with Crippen molar-refractivity contribution in [2.24, 2.45) is 0 Å². The van der Waals surface area contributed by atoms with Gasteiger partial charge in [0.25, 0.3) is 5.69 Å². The zero-order chi connectivity index (χ0) is 15.0. The fourth-order valence-corrected chi connectivity index (χ4v) is 3.28. The number of non-ortho nitro benzene ring substituents is 1. The molecule has 2 atom stereocenters. The third-order valence-electron chi connectivity index (χ3n) is 4.21. The number of carboxylic acids is 1. The summed E-state index contributed by atoms with van der Waals surface area (Å²) >= 11 is 0. The quantitative estimate of drug-likeness (QED) is 0.677. The Hall–Kier alpha value is -2.15. The standard InChI is InChI=1S/C14H16N2O5/c17-14(18)10-8-9(16(19)20)4-5-11(10)15-6-7-21-13-3-1-2-12(13)15/h4-5,8,12-13H,1-3,6-7H2,(H,17,18). The van der Waals surface area contributed by atoms with Crippen molar-refractivity contribution in [3.63, 3.8) is 0 Å². The molecule has 0 amide bonds. The van der Waals surface area contributed by atoms with Gasteiger partial charge in [0.2, 0.25) is 0 Å². The number of fused-ring (bicyclic) bond motifs is 1. The van der Waals surface area contributed by atoms with Crippen molar-refractivity contribution in [3.05, 3.63) is 33.9 Å². The van der Waals surface area contributed by atoms with Gasteiger partial charge < -0.3 is 14.7 Å². The minimum atomic E-state index is -1.14. The summed E-state index contributed by atoms with van der Waals surface area (Å²) in [5, 5.41) is 20.2. The number of ether oxygens (including phenoxy) is 1. The number of carboxylic acid groups (broad SMARTS) is 1. The molecule has 2 fully saturated rings. The molecule has 7 nitrogen and oxygen atoms in total. The van der Waals surface area contributed by atoms with Gasteiger partial charge in [-0.25, -0.2) is 4.79 Å². The lowest BCUT2D eigenvalue weighted by Gasteiger charge is -2.39. The van der Waals surface area contributed by atoms with Crippen LogP contribution in [0.25, 0.3) is 0 Å². The molecule has 0 radical (unpaired) electrons. The summed E-state index contributed by atoms with van der Waals surface area (Å²) < 4.78 is 5.72. The molecule has 1 N–H and O–H groups in total. The van der Waals surface area contributed by atoms with Crippen molar-refractivity contribution in [1.29, 1.82) is 0 Å². The van der Waals surface area contributed by atoms with Gasteiger partial charge in [-0.05, 0) is 25.3 Å². The first-order valence-electron chi connectivity index (χ1n) is 6.98. The Morgan fingerprint density at radius 1 is 1.43 bits per heavy atom. The Labute approximate surface area is 121 Å². The van der Waals surface area contributed by atoms with Crippen LogP contribution in [0.4, 0.5) is 11.4 Å². The summed E-state index contributed by atoms with van der Waals surface area (Å²) in [4.78, 5) is 23.7. The van der Waals surface area contributed by atoms with Crippen LogP contribution in [0.3, 0.4) is 0 Å². The Bertz CT molecular complexity index is 589. The van der Waals surface area contributed by atoms with Gasteiger partial charge in [-0.1, -0.05) is 0 Å². The average Bonchev–Trinajstić information content (AvgIpc) is 2.94. The molecule has 0 spiro atoms. The van der Waals surface area contributed by atoms with E-state index in [0.717, 1.165) is 25.3 Å². The highest BCUT2D eigenvalue weighted by Crippen LogP contribution is 2.35. The molecule has 2 aliphatic rings. The monoisotopic (exact) mass is 292 g/mol. The van der Waals surface area contributed by atoms with Crippen LogP contribution in [0.1, 0.15) is 29.6 Å². The number of anilines is 1. The van der Waals surface area contributed by atoms with E-state index in [0.29, 0.717) is 18.8 Å². The van der Waals surface area contributed by atoms with Gasteiger partial charge in [-0.3, -0.25) is 10.1 Å². The van der Waals surface area contributed by atoms with Crippen molar-refractivity contribution in [2.75, 3.05) is 18.1 Å². The number of rotatable bonds is 3. The topological polar surface area (TPSA) is 92.9 Å². The van der Waals surface area contributed by atoms with Crippen LogP contribution in [0.15, 0.2) is 18.2 Å². The molecule has 21 heavy (non-hydrogen) atoms. The predicted molar refractivity (Wildman–Crippen MR) is 74.8 cm³/mol. The fourth-order valence-electron chi connectivity index (χ4n) is 3.28. The number of carbonyl (C=O) groups is 1. The van der Waals surface area contributed by atoms with Crippen LogP contribution in [-0.4, -0.2) is 41.3 Å².